The molecule has 0 spiro atoms. The minimum atomic E-state index is -1.88. The second-order valence-corrected chi connectivity index (χ2v) is 6.23. The Morgan fingerprint density at radius 3 is 2.75 bits per heavy atom. The zero-order valence-corrected chi connectivity index (χ0v) is 10.8. The SMILES string of the molecule is CC1Cc2cc(C(=O)C(Cl)(Cl)Cl)ccc2N1. The van der Waals surface area contributed by atoms with Gasteiger partial charge in [0, 0.05) is 17.3 Å². The van der Waals surface area contributed by atoms with Crippen molar-refractivity contribution in [3.8, 4) is 0 Å². The fraction of sp³-hybridized carbons (Fsp3) is 0.364. The van der Waals surface area contributed by atoms with Crippen LogP contribution in [0, 0.1) is 0 Å². The summed E-state index contributed by atoms with van der Waals surface area (Å²) >= 11 is 16.7. The molecule has 0 bridgehead atoms. The van der Waals surface area contributed by atoms with Gasteiger partial charge in [0.15, 0.2) is 0 Å². The van der Waals surface area contributed by atoms with Crippen molar-refractivity contribution in [2.45, 2.75) is 23.2 Å². The van der Waals surface area contributed by atoms with E-state index in [1.165, 1.54) is 0 Å². The van der Waals surface area contributed by atoms with Crippen LogP contribution in [-0.2, 0) is 6.42 Å². The van der Waals surface area contributed by atoms with Gasteiger partial charge in [-0.1, -0.05) is 34.8 Å². The average Bonchev–Trinajstić information content (AvgIpc) is 2.54. The van der Waals surface area contributed by atoms with Gasteiger partial charge in [-0.2, -0.15) is 0 Å². The van der Waals surface area contributed by atoms with Crippen LogP contribution < -0.4 is 5.32 Å². The van der Waals surface area contributed by atoms with Gasteiger partial charge in [-0.15, -0.1) is 0 Å². The van der Waals surface area contributed by atoms with Crippen molar-refractivity contribution in [2.75, 3.05) is 5.32 Å². The highest BCUT2D eigenvalue weighted by atomic mass is 35.6. The first kappa shape index (κ1) is 12.0. The van der Waals surface area contributed by atoms with E-state index < -0.39 is 9.58 Å². The van der Waals surface area contributed by atoms with Gasteiger partial charge in [0.2, 0.25) is 5.78 Å². The van der Waals surface area contributed by atoms with Crippen LogP contribution in [0.25, 0.3) is 0 Å². The van der Waals surface area contributed by atoms with Crippen molar-refractivity contribution in [1.82, 2.24) is 0 Å². The van der Waals surface area contributed by atoms with E-state index >= 15 is 0 Å². The standard InChI is InChI=1S/C11H10Cl3NO/c1-6-4-8-5-7(2-3-9(8)15-6)10(16)11(12,13)14/h2-3,5-6,15H,4H2,1H3. The van der Waals surface area contributed by atoms with Crippen molar-refractivity contribution in [3.63, 3.8) is 0 Å². The van der Waals surface area contributed by atoms with Crippen LogP contribution in [0.5, 0.6) is 0 Å². The molecule has 1 unspecified atom stereocenters. The van der Waals surface area contributed by atoms with Gasteiger partial charge in [0.25, 0.3) is 3.79 Å². The molecule has 1 N–H and O–H groups in total. The molecular weight excluding hydrogens is 268 g/mol. The first-order valence-corrected chi connectivity index (χ1v) is 6.02. The largest absolute Gasteiger partial charge is 0.382 e. The van der Waals surface area contributed by atoms with Gasteiger partial charge in [0.1, 0.15) is 0 Å². The number of ketones is 1. The molecule has 0 aromatic heterocycles. The lowest BCUT2D eigenvalue weighted by atomic mass is 10.0. The molecular formula is C11H10Cl3NO. The van der Waals surface area contributed by atoms with Crippen molar-refractivity contribution in [2.24, 2.45) is 0 Å². The number of hydrogen-bond acceptors (Lipinski definition) is 2. The Kier molecular flexibility index (Phi) is 3.08. The normalized spacial score (nSPS) is 19.1. The summed E-state index contributed by atoms with van der Waals surface area (Å²) in [6.45, 7) is 2.08. The van der Waals surface area contributed by atoms with Gasteiger partial charge in [-0.05, 0) is 37.1 Å². The van der Waals surface area contributed by atoms with Crippen LogP contribution in [-0.4, -0.2) is 15.6 Å². The third-order valence-electron chi connectivity index (χ3n) is 2.55. The summed E-state index contributed by atoms with van der Waals surface area (Å²) < 4.78 is -1.88. The second kappa shape index (κ2) is 4.10. The summed E-state index contributed by atoms with van der Waals surface area (Å²) in [5, 5.41) is 3.29. The zero-order chi connectivity index (χ0) is 11.9. The van der Waals surface area contributed by atoms with Crippen molar-refractivity contribution in [3.05, 3.63) is 29.3 Å². The van der Waals surface area contributed by atoms with Crippen LogP contribution in [0.3, 0.4) is 0 Å². The number of anilines is 1. The maximum Gasteiger partial charge on any atom is 0.253 e. The molecule has 0 saturated heterocycles. The molecule has 1 aliphatic heterocycles. The molecule has 16 heavy (non-hydrogen) atoms. The van der Waals surface area contributed by atoms with E-state index in [0.29, 0.717) is 11.6 Å². The number of halogens is 3. The number of Topliss-reactive ketones (excluding diaryl/α,β-unsaturated/α-hetero) is 1. The predicted molar refractivity (Wildman–Crippen MR) is 67.9 cm³/mol. The van der Waals surface area contributed by atoms with Gasteiger partial charge in [-0.25, -0.2) is 0 Å². The second-order valence-electron chi connectivity index (χ2n) is 3.95. The Morgan fingerprint density at radius 1 is 1.44 bits per heavy atom. The first-order chi connectivity index (χ1) is 7.38. The lowest BCUT2D eigenvalue weighted by Crippen LogP contribution is -2.18. The molecule has 2 rings (SSSR count). The van der Waals surface area contributed by atoms with E-state index in [2.05, 4.69) is 12.2 Å². The monoisotopic (exact) mass is 277 g/mol. The van der Waals surface area contributed by atoms with E-state index in [1.807, 2.05) is 6.07 Å². The third kappa shape index (κ3) is 2.29. The minimum Gasteiger partial charge on any atom is -0.382 e. The molecule has 0 amide bonds. The van der Waals surface area contributed by atoms with Gasteiger partial charge in [-0.3, -0.25) is 4.79 Å². The molecule has 5 heteroatoms. The van der Waals surface area contributed by atoms with Crippen molar-refractivity contribution >= 4 is 46.3 Å². The van der Waals surface area contributed by atoms with Crippen LogP contribution in [0.1, 0.15) is 22.8 Å². The Balaban J connectivity index is 2.33. The van der Waals surface area contributed by atoms with E-state index in [9.17, 15) is 4.79 Å². The lowest BCUT2D eigenvalue weighted by Gasteiger charge is -2.10. The zero-order valence-electron chi connectivity index (χ0n) is 8.56. The number of hydrogen-bond donors (Lipinski definition) is 1. The number of nitrogens with one attached hydrogen (secondary N) is 1. The molecule has 1 aliphatic rings. The maximum atomic E-state index is 11.7. The Labute approximate surface area is 109 Å². The minimum absolute atomic E-state index is 0.383. The first-order valence-electron chi connectivity index (χ1n) is 4.89. The highest BCUT2D eigenvalue weighted by molar-refractivity contribution is 6.77. The molecule has 1 heterocycles. The van der Waals surface area contributed by atoms with Crippen molar-refractivity contribution in [1.29, 1.82) is 0 Å². The highest BCUT2D eigenvalue weighted by Gasteiger charge is 2.32. The highest BCUT2D eigenvalue weighted by Crippen LogP contribution is 2.33. The Morgan fingerprint density at radius 2 is 2.12 bits per heavy atom. The van der Waals surface area contributed by atoms with E-state index in [1.54, 1.807) is 12.1 Å². The fourth-order valence-electron chi connectivity index (χ4n) is 1.85. The third-order valence-corrected chi connectivity index (χ3v) is 3.07. The molecule has 0 radical (unpaired) electrons. The molecule has 86 valence electrons. The van der Waals surface area contributed by atoms with E-state index in [-0.39, 0.29) is 0 Å². The van der Waals surface area contributed by atoms with Gasteiger partial charge < -0.3 is 5.32 Å². The number of fused-ring (bicyclic) bond motifs is 1. The number of carbonyl (C=O) groups is 1. The topological polar surface area (TPSA) is 29.1 Å². The number of benzene rings is 1. The molecule has 2 nitrogen and oxygen atoms in total. The number of rotatable bonds is 1. The summed E-state index contributed by atoms with van der Waals surface area (Å²) in [4.78, 5) is 11.7. The molecule has 0 saturated carbocycles. The maximum absolute atomic E-state index is 11.7. The van der Waals surface area contributed by atoms with Crippen LogP contribution in [0.4, 0.5) is 5.69 Å². The number of alkyl halides is 3. The predicted octanol–water partition coefficient (Wildman–Crippen LogP) is 3.60. The summed E-state index contributed by atoms with van der Waals surface area (Å²) in [6.07, 6.45) is 0.885. The fourth-order valence-corrected chi connectivity index (χ4v) is 2.18. The average molecular weight is 279 g/mol. The smallest absolute Gasteiger partial charge is 0.253 e. The van der Waals surface area contributed by atoms with E-state index in [4.69, 9.17) is 34.8 Å². The van der Waals surface area contributed by atoms with Crippen LogP contribution in [0.2, 0.25) is 0 Å². The summed E-state index contributed by atoms with van der Waals surface area (Å²) in [7, 11) is 0. The summed E-state index contributed by atoms with van der Waals surface area (Å²) in [5.74, 6) is -0.486. The molecule has 1 aromatic carbocycles. The molecule has 0 aliphatic carbocycles. The summed E-state index contributed by atoms with van der Waals surface area (Å²) in [5.41, 5.74) is 2.58. The Hall–Kier alpha value is -0.440. The molecule has 0 fully saturated rings. The van der Waals surface area contributed by atoms with Crippen molar-refractivity contribution < 1.29 is 4.79 Å². The van der Waals surface area contributed by atoms with Crippen LogP contribution in [0.15, 0.2) is 18.2 Å². The lowest BCUT2D eigenvalue weighted by molar-refractivity contribution is 0.0996. The quantitative estimate of drug-likeness (QED) is 0.628. The Bertz CT molecular complexity index is 439. The summed E-state index contributed by atoms with van der Waals surface area (Å²) in [6, 6.07) is 5.69. The van der Waals surface area contributed by atoms with Gasteiger partial charge in [0.05, 0.1) is 0 Å². The molecule has 1 aromatic rings. The van der Waals surface area contributed by atoms with E-state index in [0.717, 1.165) is 17.7 Å². The number of carbonyl (C=O) groups excluding carboxylic acids is 1. The molecule has 1 atom stereocenters. The van der Waals surface area contributed by atoms with Gasteiger partial charge >= 0.3 is 0 Å². The van der Waals surface area contributed by atoms with Crippen LogP contribution >= 0.6 is 34.8 Å².